The maximum atomic E-state index is 12.2. The summed E-state index contributed by atoms with van der Waals surface area (Å²) in [6.45, 7) is 2.37. The molecule has 0 radical (unpaired) electrons. The first kappa shape index (κ1) is 21.7. The van der Waals surface area contributed by atoms with Crippen LogP contribution in [0.4, 0.5) is 5.69 Å². The number of nitrogens with zero attached hydrogens (tertiary/aromatic N) is 2. The standard InChI is InChI=1S/C20H13ClN2O8/c1-10(24)29-17-6-3-12(8-18(17)30-11(2)25)7-16-20(26)31-19(22-16)14-9-13(23(27)28)4-5-15(14)21/h3-9H,1-2H3/b16-7-. The van der Waals surface area contributed by atoms with Crippen LogP contribution in [0.5, 0.6) is 11.5 Å². The number of rotatable bonds is 5. The van der Waals surface area contributed by atoms with Crippen LogP contribution in [0.25, 0.3) is 6.08 Å². The summed E-state index contributed by atoms with van der Waals surface area (Å²) < 4.78 is 15.1. The molecule has 0 atom stereocenters. The third kappa shape index (κ3) is 5.11. The van der Waals surface area contributed by atoms with Crippen LogP contribution in [-0.2, 0) is 19.1 Å². The van der Waals surface area contributed by atoms with Gasteiger partial charge in [-0.3, -0.25) is 19.7 Å². The number of benzene rings is 2. The zero-order valence-corrected chi connectivity index (χ0v) is 16.8. The molecule has 0 aliphatic carbocycles. The highest BCUT2D eigenvalue weighted by Gasteiger charge is 2.27. The molecule has 3 rings (SSSR count). The minimum absolute atomic E-state index is 0.0198. The summed E-state index contributed by atoms with van der Waals surface area (Å²) in [7, 11) is 0. The van der Waals surface area contributed by atoms with Gasteiger partial charge in [-0.25, -0.2) is 9.79 Å². The molecule has 0 fully saturated rings. The summed E-state index contributed by atoms with van der Waals surface area (Å²) in [4.78, 5) is 49.2. The van der Waals surface area contributed by atoms with Gasteiger partial charge in [0.2, 0.25) is 5.90 Å². The molecule has 0 unspecified atom stereocenters. The van der Waals surface area contributed by atoms with Gasteiger partial charge in [-0.1, -0.05) is 17.7 Å². The van der Waals surface area contributed by atoms with Gasteiger partial charge in [-0.15, -0.1) is 0 Å². The Morgan fingerprint density at radius 2 is 1.77 bits per heavy atom. The maximum absolute atomic E-state index is 12.2. The van der Waals surface area contributed by atoms with Gasteiger partial charge in [0, 0.05) is 26.0 Å². The lowest BCUT2D eigenvalue weighted by molar-refractivity contribution is -0.384. The highest BCUT2D eigenvalue weighted by Crippen LogP contribution is 2.31. The summed E-state index contributed by atoms with van der Waals surface area (Å²) in [5.74, 6) is -2.26. The molecule has 0 amide bonds. The van der Waals surface area contributed by atoms with Gasteiger partial charge in [-0.2, -0.15) is 0 Å². The minimum Gasteiger partial charge on any atom is -0.423 e. The molecule has 0 bridgehead atoms. The van der Waals surface area contributed by atoms with Crippen LogP contribution < -0.4 is 9.47 Å². The summed E-state index contributed by atoms with van der Waals surface area (Å²) in [6.07, 6.45) is 1.34. The molecule has 0 N–H and O–H groups in total. The number of halogens is 1. The predicted octanol–water partition coefficient (Wildman–Crippen LogP) is 3.44. The molecular weight excluding hydrogens is 432 g/mol. The number of nitro benzene ring substituents is 1. The Hall–Kier alpha value is -4.05. The Labute approximate surface area is 179 Å². The third-order valence-electron chi connectivity index (χ3n) is 3.79. The fourth-order valence-electron chi connectivity index (χ4n) is 2.56. The fraction of sp³-hybridized carbons (Fsp3) is 0.100. The molecule has 0 saturated carbocycles. The van der Waals surface area contributed by atoms with Gasteiger partial charge in [-0.05, 0) is 29.8 Å². The van der Waals surface area contributed by atoms with Gasteiger partial charge in [0.25, 0.3) is 5.69 Å². The fourth-order valence-corrected chi connectivity index (χ4v) is 2.76. The Morgan fingerprint density at radius 1 is 1.10 bits per heavy atom. The first-order valence-corrected chi connectivity index (χ1v) is 8.99. The van der Waals surface area contributed by atoms with Crippen molar-refractivity contribution in [3.05, 3.63) is 68.4 Å². The van der Waals surface area contributed by atoms with Gasteiger partial charge >= 0.3 is 17.9 Å². The number of carbonyl (C=O) groups excluding carboxylic acids is 3. The number of hydrogen-bond donors (Lipinski definition) is 0. The van der Waals surface area contributed by atoms with Crippen molar-refractivity contribution in [3.63, 3.8) is 0 Å². The summed E-state index contributed by atoms with van der Waals surface area (Å²) >= 11 is 6.06. The van der Waals surface area contributed by atoms with Gasteiger partial charge in [0.1, 0.15) is 0 Å². The summed E-state index contributed by atoms with van der Waals surface area (Å²) in [6, 6.07) is 7.90. The minimum atomic E-state index is -0.810. The number of hydrogen-bond acceptors (Lipinski definition) is 9. The maximum Gasteiger partial charge on any atom is 0.363 e. The smallest absolute Gasteiger partial charge is 0.363 e. The SMILES string of the molecule is CC(=O)Oc1ccc(/C=C2\N=C(c3cc([N+](=O)[O-])ccc3Cl)OC2=O)cc1OC(C)=O. The van der Waals surface area contributed by atoms with Crippen molar-refractivity contribution in [2.75, 3.05) is 0 Å². The van der Waals surface area contributed by atoms with Crippen LogP contribution in [0.15, 0.2) is 47.1 Å². The van der Waals surface area contributed by atoms with Crippen molar-refractivity contribution < 1.29 is 33.5 Å². The zero-order chi connectivity index (χ0) is 22.7. The Kier molecular flexibility index (Phi) is 6.12. The number of carbonyl (C=O) groups is 3. The molecule has 1 heterocycles. The second kappa shape index (κ2) is 8.76. The van der Waals surface area contributed by atoms with Crippen LogP contribution in [0.2, 0.25) is 5.02 Å². The van der Waals surface area contributed by atoms with Crippen LogP contribution in [0.1, 0.15) is 25.0 Å². The zero-order valence-electron chi connectivity index (χ0n) is 16.1. The van der Waals surface area contributed by atoms with Crippen LogP contribution in [0.3, 0.4) is 0 Å². The van der Waals surface area contributed by atoms with E-state index in [0.29, 0.717) is 5.56 Å². The monoisotopic (exact) mass is 444 g/mol. The Balaban J connectivity index is 1.98. The number of cyclic esters (lactones) is 1. The predicted molar refractivity (Wildman–Crippen MR) is 108 cm³/mol. The number of esters is 3. The molecule has 2 aromatic rings. The first-order valence-electron chi connectivity index (χ1n) is 8.62. The molecule has 158 valence electrons. The van der Waals surface area contributed by atoms with Crippen molar-refractivity contribution in [1.82, 2.24) is 0 Å². The Bertz CT molecular complexity index is 1190. The van der Waals surface area contributed by atoms with E-state index in [0.717, 1.165) is 6.07 Å². The van der Waals surface area contributed by atoms with Crippen molar-refractivity contribution in [1.29, 1.82) is 0 Å². The number of aliphatic imine (C=N–C) groups is 1. The largest absolute Gasteiger partial charge is 0.423 e. The van der Waals surface area contributed by atoms with Gasteiger partial charge in [0.05, 0.1) is 15.5 Å². The normalized spacial score (nSPS) is 14.1. The molecule has 2 aromatic carbocycles. The van der Waals surface area contributed by atoms with E-state index in [9.17, 15) is 24.5 Å². The number of nitro groups is 1. The summed E-state index contributed by atoms with van der Waals surface area (Å²) in [5.41, 5.74) is 0.0990. The van der Waals surface area contributed by atoms with Crippen molar-refractivity contribution in [2.45, 2.75) is 13.8 Å². The molecule has 11 heteroatoms. The second-order valence-electron chi connectivity index (χ2n) is 6.15. The van der Waals surface area contributed by atoms with E-state index < -0.39 is 22.8 Å². The molecule has 31 heavy (non-hydrogen) atoms. The van der Waals surface area contributed by atoms with Crippen molar-refractivity contribution in [2.24, 2.45) is 4.99 Å². The van der Waals surface area contributed by atoms with Crippen molar-refractivity contribution >= 4 is 47.2 Å². The molecule has 0 spiro atoms. The van der Waals surface area contributed by atoms with E-state index in [1.807, 2.05) is 0 Å². The topological polar surface area (TPSA) is 134 Å². The second-order valence-corrected chi connectivity index (χ2v) is 6.56. The lowest BCUT2D eigenvalue weighted by Gasteiger charge is -2.09. The summed E-state index contributed by atoms with van der Waals surface area (Å²) in [5, 5.41) is 11.1. The molecule has 10 nitrogen and oxygen atoms in total. The van der Waals surface area contributed by atoms with Crippen LogP contribution >= 0.6 is 11.6 Å². The van der Waals surface area contributed by atoms with Crippen molar-refractivity contribution in [3.8, 4) is 11.5 Å². The average molecular weight is 445 g/mol. The van der Waals surface area contributed by atoms with Gasteiger partial charge < -0.3 is 14.2 Å². The van der Waals surface area contributed by atoms with E-state index >= 15 is 0 Å². The molecular formula is C20H13ClN2O8. The highest BCUT2D eigenvalue weighted by atomic mass is 35.5. The van der Waals surface area contributed by atoms with E-state index in [2.05, 4.69) is 4.99 Å². The Morgan fingerprint density at radius 3 is 2.42 bits per heavy atom. The van der Waals surface area contributed by atoms with E-state index in [4.69, 9.17) is 25.8 Å². The van der Waals surface area contributed by atoms with E-state index in [1.54, 1.807) is 0 Å². The quantitative estimate of drug-likeness (QED) is 0.225. The molecule has 0 saturated heterocycles. The van der Waals surface area contributed by atoms with E-state index in [1.165, 1.54) is 50.3 Å². The average Bonchev–Trinajstić information content (AvgIpc) is 3.03. The van der Waals surface area contributed by atoms with Crippen LogP contribution in [-0.4, -0.2) is 28.7 Å². The first-order chi connectivity index (χ1) is 14.6. The number of non-ortho nitro benzene ring substituents is 1. The van der Waals surface area contributed by atoms with Gasteiger partial charge in [0.15, 0.2) is 17.2 Å². The molecule has 1 aliphatic rings. The molecule has 0 aromatic heterocycles. The van der Waals surface area contributed by atoms with Crippen LogP contribution in [0, 0.1) is 10.1 Å². The lowest BCUT2D eigenvalue weighted by Crippen LogP contribution is -2.07. The number of ether oxygens (including phenoxy) is 3. The highest BCUT2D eigenvalue weighted by molar-refractivity contribution is 6.34. The third-order valence-corrected chi connectivity index (χ3v) is 4.12. The van der Waals surface area contributed by atoms with E-state index in [-0.39, 0.29) is 39.4 Å². The molecule has 1 aliphatic heterocycles. The lowest BCUT2D eigenvalue weighted by atomic mass is 10.1.